The van der Waals surface area contributed by atoms with Gasteiger partial charge in [0.1, 0.15) is 5.82 Å². The number of nitrogens with zero attached hydrogens (tertiary/aromatic N) is 2. The molecule has 2 N–H and O–H groups in total. The minimum Gasteiger partial charge on any atom is -0.356 e. The summed E-state index contributed by atoms with van der Waals surface area (Å²) in [7, 11) is 0. The molecule has 1 heterocycles. The van der Waals surface area contributed by atoms with Crippen LogP contribution in [0.3, 0.4) is 0 Å². The van der Waals surface area contributed by atoms with Crippen LogP contribution in [0.4, 0.5) is 0 Å². The first-order valence-electron chi connectivity index (χ1n) is 8.63. The molecule has 1 aromatic heterocycles. The Balaban J connectivity index is 1.79. The summed E-state index contributed by atoms with van der Waals surface area (Å²) in [6.07, 6.45) is 2.03. The smallest absolute Gasteiger partial charge is 0.220 e. The fourth-order valence-corrected chi connectivity index (χ4v) is 2.65. The van der Waals surface area contributed by atoms with E-state index in [0.717, 1.165) is 29.8 Å². The number of carbonyl (C=O) groups is 2. The largest absolute Gasteiger partial charge is 0.356 e. The van der Waals surface area contributed by atoms with Gasteiger partial charge in [0.2, 0.25) is 11.8 Å². The van der Waals surface area contributed by atoms with Gasteiger partial charge in [0.25, 0.3) is 0 Å². The molecule has 0 bridgehead atoms. The minimum absolute atomic E-state index is 0.0697. The maximum absolute atomic E-state index is 11.8. The highest BCUT2D eigenvalue weighted by Crippen LogP contribution is 2.15. The lowest BCUT2D eigenvalue weighted by Gasteiger charge is -2.08. The van der Waals surface area contributed by atoms with Crippen LogP contribution in [0.25, 0.3) is 11.0 Å². The van der Waals surface area contributed by atoms with Crippen molar-refractivity contribution >= 4 is 22.8 Å². The van der Waals surface area contributed by atoms with Crippen molar-refractivity contribution in [2.75, 3.05) is 13.1 Å². The lowest BCUT2D eigenvalue weighted by molar-refractivity contribution is -0.126. The summed E-state index contributed by atoms with van der Waals surface area (Å²) in [4.78, 5) is 27.9. The normalized spacial score (nSPS) is 10.8. The van der Waals surface area contributed by atoms with Crippen LogP contribution in [-0.4, -0.2) is 34.5 Å². The molecule has 24 heavy (non-hydrogen) atoms. The van der Waals surface area contributed by atoms with Gasteiger partial charge in [-0.2, -0.15) is 0 Å². The van der Waals surface area contributed by atoms with Gasteiger partial charge in [-0.05, 0) is 25.5 Å². The van der Waals surface area contributed by atoms with Crippen molar-refractivity contribution in [3.05, 3.63) is 30.1 Å². The maximum Gasteiger partial charge on any atom is 0.220 e. The summed E-state index contributed by atoms with van der Waals surface area (Å²) in [5, 5.41) is 5.63. The maximum atomic E-state index is 11.8. The van der Waals surface area contributed by atoms with Crippen molar-refractivity contribution in [2.45, 2.75) is 46.1 Å². The first kappa shape index (κ1) is 18.0. The lowest BCUT2D eigenvalue weighted by Crippen LogP contribution is -2.29. The van der Waals surface area contributed by atoms with Crippen molar-refractivity contribution in [2.24, 2.45) is 0 Å². The van der Waals surface area contributed by atoms with E-state index in [1.807, 2.05) is 25.1 Å². The molecule has 0 saturated heterocycles. The van der Waals surface area contributed by atoms with Crippen molar-refractivity contribution in [1.29, 1.82) is 0 Å². The molecule has 0 aliphatic heterocycles. The van der Waals surface area contributed by atoms with E-state index in [1.54, 1.807) is 0 Å². The van der Waals surface area contributed by atoms with E-state index in [1.165, 1.54) is 0 Å². The number of benzene rings is 1. The molecule has 0 spiro atoms. The SMILES string of the molecule is CCCNC(=O)CCC(=O)NCCc1nc2ccccc2n1CC. The average Bonchev–Trinajstić information content (AvgIpc) is 2.95. The summed E-state index contributed by atoms with van der Waals surface area (Å²) in [6, 6.07) is 8.04. The van der Waals surface area contributed by atoms with E-state index in [-0.39, 0.29) is 24.7 Å². The lowest BCUT2D eigenvalue weighted by atomic mass is 10.2. The van der Waals surface area contributed by atoms with Gasteiger partial charge in [-0.3, -0.25) is 9.59 Å². The number of para-hydroxylation sites is 2. The minimum atomic E-state index is -0.0965. The van der Waals surface area contributed by atoms with Crippen molar-refractivity contribution in [3.8, 4) is 0 Å². The Morgan fingerprint density at radius 2 is 1.71 bits per heavy atom. The molecule has 0 aliphatic carbocycles. The molecule has 2 amide bonds. The van der Waals surface area contributed by atoms with E-state index in [2.05, 4.69) is 33.2 Å². The van der Waals surface area contributed by atoms with Gasteiger partial charge in [0.15, 0.2) is 0 Å². The topological polar surface area (TPSA) is 76.0 Å². The van der Waals surface area contributed by atoms with E-state index in [0.29, 0.717) is 19.5 Å². The molecule has 2 rings (SSSR count). The number of amides is 2. The number of aromatic nitrogens is 2. The number of fused-ring (bicyclic) bond motifs is 1. The zero-order valence-corrected chi connectivity index (χ0v) is 14.5. The molecule has 1 aromatic carbocycles. The van der Waals surface area contributed by atoms with E-state index < -0.39 is 0 Å². The Morgan fingerprint density at radius 3 is 2.38 bits per heavy atom. The molecule has 0 atom stereocenters. The van der Waals surface area contributed by atoms with E-state index >= 15 is 0 Å². The van der Waals surface area contributed by atoms with E-state index in [4.69, 9.17) is 0 Å². The van der Waals surface area contributed by atoms with Gasteiger partial charge in [-0.1, -0.05) is 19.1 Å². The molecule has 0 aliphatic rings. The van der Waals surface area contributed by atoms with Gasteiger partial charge >= 0.3 is 0 Å². The Bertz CT molecular complexity index is 693. The highest BCUT2D eigenvalue weighted by molar-refractivity contribution is 5.83. The summed E-state index contributed by atoms with van der Waals surface area (Å²) < 4.78 is 2.17. The van der Waals surface area contributed by atoms with Crippen LogP contribution in [0.2, 0.25) is 0 Å². The van der Waals surface area contributed by atoms with Gasteiger partial charge in [0, 0.05) is 38.9 Å². The van der Waals surface area contributed by atoms with Crippen LogP contribution in [0, 0.1) is 0 Å². The van der Waals surface area contributed by atoms with E-state index in [9.17, 15) is 9.59 Å². The zero-order valence-electron chi connectivity index (χ0n) is 14.5. The number of nitrogens with one attached hydrogen (secondary N) is 2. The molecule has 0 radical (unpaired) electrons. The molecule has 2 aromatic rings. The molecular formula is C18H26N4O2. The zero-order chi connectivity index (χ0) is 17.4. The number of hydrogen-bond acceptors (Lipinski definition) is 3. The Morgan fingerprint density at radius 1 is 1.04 bits per heavy atom. The fraction of sp³-hybridized carbons (Fsp3) is 0.500. The third kappa shape index (κ3) is 4.81. The Hall–Kier alpha value is -2.37. The monoisotopic (exact) mass is 330 g/mol. The van der Waals surface area contributed by atoms with Crippen molar-refractivity contribution < 1.29 is 9.59 Å². The molecule has 6 heteroatoms. The third-order valence-corrected chi connectivity index (χ3v) is 3.87. The number of carbonyl (C=O) groups excluding carboxylic acids is 2. The second kappa shape index (κ2) is 9.05. The number of imidazole rings is 1. The van der Waals surface area contributed by atoms with Crippen LogP contribution >= 0.6 is 0 Å². The van der Waals surface area contributed by atoms with Gasteiger partial charge < -0.3 is 15.2 Å². The quantitative estimate of drug-likeness (QED) is 0.738. The summed E-state index contributed by atoms with van der Waals surface area (Å²) >= 11 is 0. The van der Waals surface area contributed by atoms with Crippen LogP contribution in [0.1, 0.15) is 38.9 Å². The van der Waals surface area contributed by atoms with Crippen molar-refractivity contribution in [3.63, 3.8) is 0 Å². The molecule has 130 valence electrons. The predicted octanol–water partition coefficient (Wildman–Crippen LogP) is 2.02. The van der Waals surface area contributed by atoms with Gasteiger partial charge in [-0.25, -0.2) is 4.98 Å². The Kier molecular flexibility index (Phi) is 6.78. The predicted molar refractivity (Wildman–Crippen MR) is 94.7 cm³/mol. The van der Waals surface area contributed by atoms with Gasteiger partial charge in [0.05, 0.1) is 11.0 Å². The molecule has 0 saturated carbocycles. The van der Waals surface area contributed by atoms with Crippen LogP contribution in [-0.2, 0) is 22.6 Å². The molecule has 0 unspecified atom stereocenters. The summed E-state index contributed by atoms with van der Waals surface area (Å²) in [5.41, 5.74) is 2.10. The van der Waals surface area contributed by atoms with Crippen molar-refractivity contribution in [1.82, 2.24) is 20.2 Å². The second-order valence-corrected chi connectivity index (χ2v) is 5.71. The third-order valence-electron chi connectivity index (χ3n) is 3.87. The number of hydrogen-bond donors (Lipinski definition) is 2. The highest BCUT2D eigenvalue weighted by Gasteiger charge is 2.10. The summed E-state index contributed by atoms with van der Waals surface area (Å²) in [6.45, 7) is 6.12. The molecular weight excluding hydrogens is 304 g/mol. The van der Waals surface area contributed by atoms with Crippen LogP contribution in [0.5, 0.6) is 0 Å². The van der Waals surface area contributed by atoms with Gasteiger partial charge in [-0.15, -0.1) is 0 Å². The Labute approximate surface area is 142 Å². The second-order valence-electron chi connectivity index (χ2n) is 5.71. The standard InChI is InChI=1S/C18H26N4O2/c1-3-12-19-17(23)9-10-18(24)20-13-11-16-21-14-7-5-6-8-15(14)22(16)4-2/h5-8H,3-4,9-13H2,1-2H3,(H,19,23)(H,20,24). The van der Waals surface area contributed by atoms with Crippen LogP contribution < -0.4 is 10.6 Å². The number of rotatable bonds is 9. The molecule has 6 nitrogen and oxygen atoms in total. The first-order chi connectivity index (χ1) is 11.7. The number of aryl methyl sites for hydroxylation is 1. The molecule has 0 fully saturated rings. The fourth-order valence-electron chi connectivity index (χ4n) is 2.65. The first-order valence-corrected chi connectivity index (χ1v) is 8.63. The average molecular weight is 330 g/mol. The summed E-state index contributed by atoms with van der Waals surface area (Å²) in [5.74, 6) is 0.806. The highest BCUT2D eigenvalue weighted by atomic mass is 16.2. The van der Waals surface area contributed by atoms with Crippen LogP contribution in [0.15, 0.2) is 24.3 Å².